The van der Waals surface area contributed by atoms with Crippen molar-refractivity contribution in [2.75, 3.05) is 0 Å². The second kappa shape index (κ2) is 9.84. The molecule has 14 heteroatoms. The van der Waals surface area contributed by atoms with Crippen molar-refractivity contribution in [3.63, 3.8) is 0 Å². The Kier molecular flexibility index (Phi) is 8.65. The van der Waals surface area contributed by atoms with Crippen LogP contribution in [-0.4, -0.2) is 24.4 Å². The molecule has 0 saturated carbocycles. The van der Waals surface area contributed by atoms with E-state index in [1.54, 1.807) is 0 Å². The molecule has 2 nitrogen and oxygen atoms in total. The maximum absolute atomic E-state index is 13.2. The molecule has 0 aliphatic heterocycles. The highest BCUT2D eigenvalue weighted by molar-refractivity contribution is 5.74. The topological polar surface area (TPSA) is 26.3 Å². The van der Waals surface area contributed by atoms with E-state index < -0.39 is 77.1 Å². The smallest absolute Gasteiger partial charge is 0.434 e. The van der Waals surface area contributed by atoms with E-state index in [1.807, 2.05) is 0 Å². The fourth-order valence-electron chi connectivity index (χ4n) is 3.53. The molecule has 1 aromatic rings. The van der Waals surface area contributed by atoms with Crippen molar-refractivity contribution in [3.8, 4) is 0 Å². The summed E-state index contributed by atoms with van der Waals surface area (Å²) >= 11 is 0. The number of carbonyl (C=O) groups excluding carboxylic acids is 1. The maximum atomic E-state index is 13.2. The van der Waals surface area contributed by atoms with Crippen LogP contribution in [0.15, 0.2) is 18.2 Å². The van der Waals surface area contributed by atoms with Crippen LogP contribution in [0.1, 0.15) is 50.3 Å². The largest absolute Gasteiger partial charge is 0.443 e. The summed E-state index contributed by atoms with van der Waals surface area (Å²) in [5.41, 5.74) is -4.23. The Balaban J connectivity index is 3.69. The van der Waals surface area contributed by atoms with E-state index in [1.165, 1.54) is 13.8 Å². The number of halogens is 12. The minimum Gasteiger partial charge on any atom is -0.443 e. The summed E-state index contributed by atoms with van der Waals surface area (Å²) < 4.78 is 160. The van der Waals surface area contributed by atoms with Gasteiger partial charge in [-0.25, -0.2) is 0 Å². The van der Waals surface area contributed by atoms with Gasteiger partial charge >= 0.3 is 30.7 Å². The second-order valence-electron chi connectivity index (χ2n) is 8.28. The third-order valence-electron chi connectivity index (χ3n) is 4.92. The summed E-state index contributed by atoms with van der Waals surface area (Å²) in [6.45, 7) is 4.81. The van der Waals surface area contributed by atoms with E-state index in [9.17, 15) is 57.5 Å². The number of ether oxygens (including phenoxy) is 1. The van der Waals surface area contributed by atoms with Gasteiger partial charge in [0, 0.05) is 0 Å². The summed E-state index contributed by atoms with van der Waals surface area (Å²) in [5, 5.41) is 0. The number of benzene rings is 1. The van der Waals surface area contributed by atoms with Gasteiger partial charge in [-0.05, 0) is 41.5 Å². The number of rotatable bonds is 6. The normalized spacial score (nSPS) is 15.7. The molecule has 0 aliphatic rings. The van der Waals surface area contributed by atoms with Crippen molar-refractivity contribution in [3.05, 3.63) is 34.9 Å². The molecule has 1 aromatic carbocycles. The molecule has 0 amide bonds. The van der Waals surface area contributed by atoms with Gasteiger partial charge in [-0.1, -0.05) is 27.7 Å². The van der Waals surface area contributed by atoms with Gasteiger partial charge in [0.1, 0.15) is 0 Å². The van der Waals surface area contributed by atoms with E-state index >= 15 is 0 Å². The maximum Gasteiger partial charge on any atom is 0.434 e. The van der Waals surface area contributed by atoms with Crippen molar-refractivity contribution in [2.45, 2.75) is 64.4 Å². The van der Waals surface area contributed by atoms with Crippen LogP contribution in [0.4, 0.5) is 52.7 Å². The van der Waals surface area contributed by atoms with Crippen molar-refractivity contribution in [1.82, 2.24) is 0 Å². The van der Waals surface area contributed by atoms with Crippen LogP contribution in [0.5, 0.6) is 0 Å². The Bertz CT molecular complexity index is 801. The molecule has 1 rings (SSSR count). The Hall–Kier alpha value is -2.15. The fraction of sp³-hybridized carbons (Fsp3) is 0.650. The first-order valence-corrected chi connectivity index (χ1v) is 9.61. The van der Waals surface area contributed by atoms with Gasteiger partial charge in [0.05, 0.1) is 17.0 Å². The predicted molar refractivity (Wildman–Crippen MR) is 94.3 cm³/mol. The molecule has 0 aliphatic carbocycles. The molecule has 2 unspecified atom stereocenters. The summed E-state index contributed by atoms with van der Waals surface area (Å²) in [7, 11) is 0. The highest BCUT2D eigenvalue weighted by Gasteiger charge is 2.60. The van der Waals surface area contributed by atoms with Crippen LogP contribution in [0.3, 0.4) is 0 Å². The lowest BCUT2D eigenvalue weighted by Crippen LogP contribution is -2.47. The van der Waals surface area contributed by atoms with Crippen LogP contribution in [0.2, 0.25) is 0 Å². The van der Waals surface area contributed by atoms with Gasteiger partial charge in [-0.3, -0.25) is 4.79 Å². The average Bonchev–Trinajstić information content (AvgIpc) is 2.59. The number of hydrogen-bond acceptors (Lipinski definition) is 2. The highest BCUT2D eigenvalue weighted by atomic mass is 19.4. The van der Waals surface area contributed by atoms with Crippen LogP contribution < -0.4 is 0 Å². The first-order valence-electron chi connectivity index (χ1n) is 9.61. The van der Waals surface area contributed by atoms with Crippen LogP contribution in [0, 0.1) is 17.8 Å². The quantitative estimate of drug-likeness (QED) is 0.283. The fourth-order valence-corrected chi connectivity index (χ4v) is 3.53. The van der Waals surface area contributed by atoms with E-state index in [4.69, 9.17) is 0 Å². The highest BCUT2D eigenvalue weighted by Crippen LogP contribution is 2.44. The summed E-state index contributed by atoms with van der Waals surface area (Å²) in [6.07, 6.45) is -27.1. The van der Waals surface area contributed by atoms with E-state index in [0.717, 1.165) is 13.8 Å². The van der Waals surface area contributed by atoms with Gasteiger partial charge in [-0.2, -0.15) is 52.7 Å². The SMILES string of the molecule is CC(C)C(C(=O)OC(C(F)(F)F)C(F)(F)F)C(c1cc(C(F)(F)F)cc(C(F)(F)F)c1)C(C)C. The number of alkyl halides is 12. The first kappa shape index (κ1) is 29.9. The lowest BCUT2D eigenvalue weighted by atomic mass is 9.72. The van der Waals surface area contributed by atoms with Gasteiger partial charge in [0.25, 0.3) is 6.10 Å². The van der Waals surface area contributed by atoms with Crippen LogP contribution >= 0.6 is 0 Å². The molecule has 0 spiro atoms. The Morgan fingerprint density at radius 2 is 1.06 bits per heavy atom. The number of esters is 1. The van der Waals surface area contributed by atoms with Crippen molar-refractivity contribution >= 4 is 5.97 Å². The molecule has 0 heterocycles. The molecule has 0 fully saturated rings. The lowest BCUT2D eigenvalue weighted by Gasteiger charge is -2.34. The number of hydrogen-bond donors (Lipinski definition) is 0. The molecule has 196 valence electrons. The van der Waals surface area contributed by atoms with E-state index in [0.29, 0.717) is 0 Å². The summed E-state index contributed by atoms with van der Waals surface area (Å²) in [4.78, 5) is 12.5. The molecular formula is C20H20F12O2. The molecular weight excluding hydrogens is 500 g/mol. The Morgan fingerprint density at radius 1 is 0.676 bits per heavy atom. The van der Waals surface area contributed by atoms with Crippen LogP contribution in [-0.2, 0) is 21.9 Å². The van der Waals surface area contributed by atoms with Crippen LogP contribution in [0.25, 0.3) is 0 Å². The minimum atomic E-state index is -6.05. The zero-order valence-corrected chi connectivity index (χ0v) is 18.0. The molecule has 0 bridgehead atoms. The first-order chi connectivity index (χ1) is 15.0. The number of carbonyl (C=O) groups is 1. The van der Waals surface area contributed by atoms with Gasteiger partial charge < -0.3 is 4.74 Å². The summed E-state index contributed by atoms with van der Waals surface area (Å²) in [6, 6.07) is 0.383. The minimum absolute atomic E-state index is 0.188. The third kappa shape index (κ3) is 7.42. The molecule has 0 aromatic heterocycles. The Labute approximate surface area is 186 Å². The van der Waals surface area contributed by atoms with Gasteiger partial charge in [-0.15, -0.1) is 0 Å². The monoisotopic (exact) mass is 520 g/mol. The van der Waals surface area contributed by atoms with E-state index in [2.05, 4.69) is 4.74 Å². The van der Waals surface area contributed by atoms with E-state index in [-0.39, 0.29) is 18.2 Å². The lowest BCUT2D eigenvalue weighted by molar-refractivity contribution is -0.314. The summed E-state index contributed by atoms with van der Waals surface area (Å²) in [5.74, 6) is -7.74. The average molecular weight is 520 g/mol. The molecule has 0 N–H and O–H groups in total. The molecule has 2 atom stereocenters. The van der Waals surface area contributed by atoms with Gasteiger partial charge in [0.15, 0.2) is 0 Å². The second-order valence-corrected chi connectivity index (χ2v) is 8.28. The molecule has 0 saturated heterocycles. The zero-order valence-electron chi connectivity index (χ0n) is 18.0. The van der Waals surface area contributed by atoms with Crippen molar-refractivity contribution in [2.24, 2.45) is 17.8 Å². The third-order valence-corrected chi connectivity index (χ3v) is 4.92. The Morgan fingerprint density at radius 3 is 1.32 bits per heavy atom. The molecule has 34 heavy (non-hydrogen) atoms. The van der Waals surface area contributed by atoms with Gasteiger partial charge in [0.2, 0.25) is 0 Å². The van der Waals surface area contributed by atoms with Crippen molar-refractivity contribution in [1.29, 1.82) is 0 Å². The zero-order chi connectivity index (χ0) is 27.0. The van der Waals surface area contributed by atoms with Crippen molar-refractivity contribution < 1.29 is 62.2 Å². The predicted octanol–water partition coefficient (Wildman–Crippen LogP) is 7.77. The standard InChI is InChI=1S/C20H20F12O2/c1-8(2)13(10-5-11(17(21,22)23)7-12(6-10)18(24,25)26)14(9(3)4)15(33)34-16(19(27,28)29)20(30,31)32/h5-9,13-14,16H,1-4H3. The molecule has 0 radical (unpaired) electrons.